The van der Waals surface area contributed by atoms with E-state index in [2.05, 4.69) is 24.1 Å². The molecular formula is C11H22N2O. The van der Waals surface area contributed by atoms with Gasteiger partial charge in [-0.05, 0) is 33.2 Å². The smallest absolute Gasteiger partial charge is 0.0661 e. The molecule has 1 N–H and O–H groups in total. The van der Waals surface area contributed by atoms with Gasteiger partial charge in [-0.25, -0.2) is 0 Å². The summed E-state index contributed by atoms with van der Waals surface area (Å²) in [6, 6.07) is 0.663. The molecule has 14 heavy (non-hydrogen) atoms. The summed E-state index contributed by atoms with van der Waals surface area (Å²) in [7, 11) is 0. The van der Waals surface area contributed by atoms with Gasteiger partial charge in [-0.2, -0.15) is 0 Å². The van der Waals surface area contributed by atoms with Crippen LogP contribution in [0.4, 0.5) is 0 Å². The Kier molecular flexibility index (Phi) is 3.10. The van der Waals surface area contributed by atoms with E-state index in [9.17, 15) is 0 Å². The van der Waals surface area contributed by atoms with Crippen molar-refractivity contribution >= 4 is 0 Å². The Bertz CT molecular complexity index is 182. The van der Waals surface area contributed by atoms with E-state index in [1.54, 1.807) is 0 Å². The zero-order valence-corrected chi connectivity index (χ0v) is 9.38. The zero-order valence-electron chi connectivity index (χ0n) is 9.38. The van der Waals surface area contributed by atoms with Crippen molar-refractivity contribution in [3.05, 3.63) is 0 Å². The van der Waals surface area contributed by atoms with Gasteiger partial charge in [0.15, 0.2) is 0 Å². The maximum Gasteiger partial charge on any atom is 0.0661 e. The topological polar surface area (TPSA) is 24.5 Å². The fourth-order valence-electron chi connectivity index (χ4n) is 2.58. The number of morpholine rings is 1. The molecule has 2 heterocycles. The standard InChI is InChI=1S/C11H22N2O/c1-10(2)13-6-3-4-11(8-13)9-14-7-5-12-11/h10,12H,3-9H2,1-2H3. The van der Waals surface area contributed by atoms with E-state index in [0.29, 0.717) is 6.04 Å². The first-order chi connectivity index (χ1) is 6.72. The van der Waals surface area contributed by atoms with Crippen LogP contribution in [0.25, 0.3) is 0 Å². The Morgan fingerprint density at radius 3 is 2.93 bits per heavy atom. The molecular weight excluding hydrogens is 176 g/mol. The Labute approximate surface area is 86.8 Å². The number of rotatable bonds is 1. The number of likely N-dealkylation sites (tertiary alicyclic amines) is 1. The average molecular weight is 198 g/mol. The second-order valence-electron chi connectivity index (χ2n) is 4.93. The highest BCUT2D eigenvalue weighted by Gasteiger charge is 2.37. The van der Waals surface area contributed by atoms with E-state index in [1.165, 1.54) is 19.4 Å². The Hall–Kier alpha value is -0.120. The Morgan fingerprint density at radius 1 is 1.43 bits per heavy atom. The van der Waals surface area contributed by atoms with Gasteiger partial charge in [0, 0.05) is 19.1 Å². The third-order valence-electron chi connectivity index (χ3n) is 3.46. The lowest BCUT2D eigenvalue weighted by Gasteiger charge is -2.46. The molecule has 1 unspecified atom stereocenters. The molecule has 2 saturated heterocycles. The van der Waals surface area contributed by atoms with Gasteiger partial charge in [0.25, 0.3) is 0 Å². The quantitative estimate of drug-likeness (QED) is 0.676. The van der Waals surface area contributed by atoms with Crippen molar-refractivity contribution in [2.24, 2.45) is 0 Å². The van der Waals surface area contributed by atoms with Crippen LogP contribution in [0.1, 0.15) is 26.7 Å². The molecule has 0 aliphatic carbocycles. The number of hydrogen-bond donors (Lipinski definition) is 1. The van der Waals surface area contributed by atoms with E-state index < -0.39 is 0 Å². The van der Waals surface area contributed by atoms with Crippen molar-refractivity contribution in [1.29, 1.82) is 0 Å². The largest absolute Gasteiger partial charge is 0.378 e. The second-order valence-corrected chi connectivity index (χ2v) is 4.93. The molecule has 0 bridgehead atoms. The van der Waals surface area contributed by atoms with Crippen LogP contribution in [-0.4, -0.2) is 49.3 Å². The van der Waals surface area contributed by atoms with Gasteiger partial charge in [0.05, 0.1) is 18.8 Å². The van der Waals surface area contributed by atoms with Crippen LogP contribution in [0.5, 0.6) is 0 Å². The lowest BCUT2D eigenvalue weighted by atomic mass is 9.88. The second kappa shape index (κ2) is 4.17. The molecule has 2 fully saturated rings. The van der Waals surface area contributed by atoms with Crippen LogP contribution in [0, 0.1) is 0 Å². The predicted octanol–water partition coefficient (Wildman–Crippen LogP) is 0.849. The molecule has 1 spiro atoms. The van der Waals surface area contributed by atoms with Gasteiger partial charge in [-0.3, -0.25) is 4.90 Å². The van der Waals surface area contributed by atoms with E-state index in [1.807, 2.05) is 0 Å². The summed E-state index contributed by atoms with van der Waals surface area (Å²) in [5.74, 6) is 0. The lowest BCUT2D eigenvalue weighted by Crippen LogP contribution is -2.63. The molecule has 1 atom stereocenters. The van der Waals surface area contributed by atoms with Gasteiger partial charge < -0.3 is 10.1 Å². The van der Waals surface area contributed by atoms with Crippen molar-refractivity contribution < 1.29 is 4.74 Å². The molecule has 0 aromatic rings. The number of nitrogens with zero attached hydrogens (tertiary/aromatic N) is 1. The van der Waals surface area contributed by atoms with Crippen LogP contribution in [0.15, 0.2) is 0 Å². The lowest BCUT2D eigenvalue weighted by molar-refractivity contribution is -0.0179. The fraction of sp³-hybridized carbons (Fsp3) is 1.00. The number of piperidine rings is 1. The van der Waals surface area contributed by atoms with E-state index >= 15 is 0 Å². The molecule has 0 aromatic heterocycles. The van der Waals surface area contributed by atoms with Gasteiger partial charge in [0.2, 0.25) is 0 Å². The van der Waals surface area contributed by atoms with Gasteiger partial charge >= 0.3 is 0 Å². The van der Waals surface area contributed by atoms with E-state index in [-0.39, 0.29) is 5.54 Å². The summed E-state index contributed by atoms with van der Waals surface area (Å²) in [5.41, 5.74) is 0.265. The molecule has 0 saturated carbocycles. The first-order valence-electron chi connectivity index (χ1n) is 5.79. The minimum atomic E-state index is 0.265. The number of nitrogens with one attached hydrogen (secondary N) is 1. The van der Waals surface area contributed by atoms with Crippen LogP contribution in [0.2, 0.25) is 0 Å². The predicted molar refractivity (Wildman–Crippen MR) is 57.5 cm³/mol. The summed E-state index contributed by atoms with van der Waals surface area (Å²) in [5, 5.41) is 3.65. The van der Waals surface area contributed by atoms with Crippen molar-refractivity contribution in [3.63, 3.8) is 0 Å². The van der Waals surface area contributed by atoms with Crippen molar-refractivity contribution in [1.82, 2.24) is 10.2 Å². The summed E-state index contributed by atoms with van der Waals surface area (Å²) < 4.78 is 5.60. The van der Waals surface area contributed by atoms with Crippen molar-refractivity contribution in [2.75, 3.05) is 32.8 Å². The number of ether oxygens (including phenoxy) is 1. The van der Waals surface area contributed by atoms with Gasteiger partial charge in [-0.1, -0.05) is 0 Å². The van der Waals surface area contributed by atoms with Crippen LogP contribution in [0.3, 0.4) is 0 Å². The maximum atomic E-state index is 5.60. The molecule has 2 rings (SSSR count). The number of hydrogen-bond acceptors (Lipinski definition) is 3. The van der Waals surface area contributed by atoms with Crippen LogP contribution >= 0.6 is 0 Å². The van der Waals surface area contributed by atoms with Crippen LogP contribution < -0.4 is 5.32 Å². The maximum absolute atomic E-state index is 5.60. The SMILES string of the molecule is CC(C)N1CCCC2(COCCN2)C1. The van der Waals surface area contributed by atoms with Crippen molar-refractivity contribution in [3.8, 4) is 0 Å². The summed E-state index contributed by atoms with van der Waals surface area (Å²) >= 11 is 0. The van der Waals surface area contributed by atoms with Gasteiger partial charge in [-0.15, -0.1) is 0 Å². The van der Waals surface area contributed by atoms with E-state index in [4.69, 9.17) is 4.74 Å². The molecule has 0 radical (unpaired) electrons. The summed E-state index contributed by atoms with van der Waals surface area (Å²) in [6.07, 6.45) is 2.57. The Morgan fingerprint density at radius 2 is 2.29 bits per heavy atom. The van der Waals surface area contributed by atoms with E-state index in [0.717, 1.165) is 26.3 Å². The fourth-order valence-corrected chi connectivity index (χ4v) is 2.58. The molecule has 82 valence electrons. The first-order valence-corrected chi connectivity index (χ1v) is 5.79. The molecule has 3 heteroatoms. The Balaban J connectivity index is 1.97. The highest BCUT2D eigenvalue weighted by Crippen LogP contribution is 2.24. The minimum absolute atomic E-state index is 0.265. The summed E-state index contributed by atoms with van der Waals surface area (Å²) in [4.78, 5) is 2.56. The zero-order chi connectivity index (χ0) is 10.0. The molecule has 2 aliphatic rings. The monoisotopic (exact) mass is 198 g/mol. The third-order valence-corrected chi connectivity index (χ3v) is 3.46. The normalized spacial score (nSPS) is 35.4. The van der Waals surface area contributed by atoms with Crippen molar-refractivity contribution in [2.45, 2.75) is 38.3 Å². The minimum Gasteiger partial charge on any atom is -0.378 e. The summed E-state index contributed by atoms with van der Waals surface area (Å²) in [6.45, 7) is 9.77. The average Bonchev–Trinajstić information content (AvgIpc) is 2.19. The van der Waals surface area contributed by atoms with Gasteiger partial charge in [0.1, 0.15) is 0 Å². The highest BCUT2D eigenvalue weighted by atomic mass is 16.5. The molecule has 3 nitrogen and oxygen atoms in total. The van der Waals surface area contributed by atoms with Crippen LogP contribution in [-0.2, 0) is 4.74 Å². The molecule has 0 aromatic carbocycles. The highest BCUT2D eigenvalue weighted by molar-refractivity contribution is 4.96. The third kappa shape index (κ3) is 2.10. The molecule has 0 amide bonds. The first kappa shape index (κ1) is 10.4. The molecule has 2 aliphatic heterocycles.